The highest BCUT2D eigenvalue weighted by Crippen LogP contribution is 2.25. The lowest BCUT2D eigenvalue weighted by Gasteiger charge is -2.03. The molecule has 0 atom stereocenters. The zero-order chi connectivity index (χ0) is 17.4. The van der Waals surface area contributed by atoms with Gasteiger partial charge in [-0.05, 0) is 25.0 Å². The van der Waals surface area contributed by atoms with Crippen LogP contribution in [0.4, 0.5) is 0 Å². The predicted molar refractivity (Wildman–Crippen MR) is 95.4 cm³/mol. The number of aromatic nitrogens is 1. The highest BCUT2D eigenvalue weighted by Gasteiger charge is 2.11. The standard InChI is InChI=1S/C17H19ClN2O3S/c1-23-15(21)8-3-2-4-9-19-16(22)14-11-24-17(20-14)12-6-5-7-13(18)10-12/h5-7,10-11H,2-4,8-9H2,1H3,(H,19,22). The quantitative estimate of drug-likeness (QED) is 0.567. The molecule has 0 spiro atoms. The number of benzene rings is 1. The van der Waals surface area contributed by atoms with Crippen molar-refractivity contribution in [1.82, 2.24) is 10.3 Å². The monoisotopic (exact) mass is 366 g/mol. The zero-order valence-corrected chi connectivity index (χ0v) is 15.0. The molecule has 0 unspecified atom stereocenters. The lowest BCUT2D eigenvalue weighted by Crippen LogP contribution is -2.24. The number of halogens is 1. The lowest BCUT2D eigenvalue weighted by atomic mass is 10.2. The Morgan fingerprint density at radius 3 is 2.88 bits per heavy atom. The van der Waals surface area contributed by atoms with Gasteiger partial charge >= 0.3 is 5.97 Å². The van der Waals surface area contributed by atoms with Gasteiger partial charge in [0, 0.05) is 28.9 Å². The molecule has 0 aliphatic rings. The predicted octanol–water partition coefficient (Wildman–Crippen LogP) is 3.93. The molecule has 1 amide bonds. The second-order valence-electron chi connectivity index (χ2n) is 5.19. The summed E-state index contributed by atoms with van der Waals surface area (Å²) in [5, 5.41) is 5.98. The van der Waals surface area contributed by atoms with Crippen LogP contribution >= 0.6 is 22.9 Å². The van der Waals surface area contributed by atoms with E-state index in [9.17, 15) is 9.59 Å². The number of esters is 1. The Morgan fingerprint density at radius 1 is 1.29 bits per heavy atom. The van der Waals surface area contributed by atoms with E-state index in [1.54, 1.807) is 11.4 Å². The number of carbonyl (C=O) groups is 2. The number of carbonyl (C=O) groups excluding carboxylic acids is 2. The molecule has 0 radical (unpaired) electrons. The number of amides is 1. The van der Waals surface area contributed by atoms with E-state index in [-0.39, 0.29) is 11.9 Å². The van der Waals surface area contributed by atoms with E-state index in [1.165, 1.54) is 18.4 Å². The zero-order valence-electron chi connectivity index (χ0n) is 13.4. The summed E-state index contributed by atoms with van der Waals surface area (Å²) in [5.41, 5.74) is 1.30. The number of hydrogen-bond donors (Lipinski definition) is 1. The normalized spacial score (nSPS) is 10.4. The van der Waals surface area contributed by atoms with Gasteiger partial charge < -0.3 is 10.1 Å². The SMILES string of the molecule is COC(=O)CCCCCNC(=O)c1csc(-c2cccc(Cl)c2)n1. The van der Waals surface area contributed by atoms with E-state index in [0.717, 1.165) is 29.8 Å². The van der Waals surface area contributed by atoms with Crippen LogP contribution in [-0.2, 0) is 9.53 Å². The third-order valence-corrected chi connectivity index (χ3v) is 4.51. The molecule has 1 N–H and O–H groups in total. The summed E-state index contributed by atoms with van der Waals surface area (Å²) < 4.78 is 4.57. The van der Waals surface area contributed by atoms with Crippen LogP contribution in [0.25, 0.3) is 10.6 Å². The van der Waals surface area contributed by atoms with Gasteiger partial charge in [0.05, 0.1) is 7.11 Å². The van der Waals surface area contributed by atoms with Crippen LogP contribution in [0.1, 0.15) is 36.2 Å². The molecular weight excluding hydrogens is 348 g/mol. The molecule has 24 heavy (non-hydrogen) atoms. The summed E-state index contributed by atoms with van der Waals surface area (Å²) in [6.07, 6.45) is 2.85. The first kappa shape index (κ1) is 18.4. The summed E-state index contributed by atoms with van der Waals surface area (Å²) in [5.74, 6) is -0.387. The lowest BCUT2D eigenvalue weighted by molar-refractivity contribution is -0.140. The topological polar surface area (TPSA) is 68.3 Å². The van der Waals surface area contributed by atoms with Crippen molar-refractivity contribution in [3.05, 3.63) is 40.4 Å². The van der Waals surface area contributed by atoms with Crippen molar-refractivity contribution in [3.8, 4) is 10.6 Å². The molecule has 5 nitrogen and oxygen atoms in total. The van der Waals surface area contributed by atoms with Crippen LogP contribution in [0.5, 0.6) is 0 Å². The van der Waals surface area contributed by atoms with Gasteiger partial charge in [0.1, 0.15) is 10.7 Å². The van der Waals surface area contributed by atoms with Crippen molar-refractivity contribution in [2.75, 3.05) is 13.7 Å². The average molecular weight is 367 g/mol. The van der Waals surface area contributed by atoms with Gasteiger partial charge in [0.2, 0.25) is 0 Å². The minimum absolute atomic E-state index is 0.188. The van der Waals surface area contributed by atoms with Crippen LogP contribution in [0.2, 0.25) is 5.02 Å². The smallest absolute Gasteiger partial charge is 0.305 e. The van der Waals surface area contributed by atoms with Crippen molar-refractivity contribution in [1.29, 1.82) is 0 Å². The molecule has 0 saturated carbocycles. The Labute approximate surface area is 150 Å². The van der Waals surface area contributed by atoms with Gasteiger partial charge in [-0.25, -0.2) is 4.98 Å². The number of ether oxygens (including phenoxy) is 1. The van der Waals surface area contributed by atoms with Crippen molar-refractivity contribution >= 4 is 34.8 Å². The van der Waals surface area contributed by atoms with Crippen LogP contribution in [0, 0.1) is 0 Å². The third kappa shape index (κ3) is 5.62. The van der Waals surface area contributed by atoms with Gasteiger partial charge in [0.25, 0.3) is 5.91 Å². The van der Waals surface area contributed by atoms with E-state index in [2.05, 4.69) is 15.0 Å². The van der Waals surface area contributed by atoms with Gasteiger partial charge in [0.15, 0.2) is 0 Å². The van der Waals surface area contributed by atoms with Crippen molar-refractivity contribution in [3.63, 3.8) is 0 Å². The van der Waals surface area contributed by atoms with E-state index in [0.29, 0.717) is 23.7 Å². The summed E-state index contributed by atoms with van der Waals surface area (Å²) in [6.45, 7) is 0.560. The molecule has 0 bridgehead atoms. The maximum Gasteiger partial charge on any atom is 0.305 e. The molecule has 1 aromatic heterocycles. The molecule has 2 rings (SSSR count). The Morgan fingerprint density at radius 2 is 2.12 bits per heavy atom. The minimum atomic E-state index is -0.199. The maximum absolute atomic E-state index is 12.1. The molecule has 7 heteroatoms. The highest BCUT2D eigenvalue weighted by molar-refractivity contribution is 7.13. The van der Waals surface area contributed by atoms with Gasteiger partial charge in [-0.2, -0.15) is 0 Å². The average Bonchev–Trinajstić information content (AvgIpc) is 3.07. The fraction of sp³-hybridized carbons (Fsp3) is 0.353. The fourth-order valence-electron chi connectivity index (χ4n) is 2.10. The van der Waals surface area contributed by atoms with Crippen molar-refractivity contribution in [2.45, 2.75) is 25.7 Å². The van der Waals surface area contributed by atoms with Crippen molar-refractivity contribution in [2.24, 2.45) is 0 Å². The summed E-state index contributed by atoms with van der Waals surface area (Å²) in [6, 6.07) is 7.39. The van der Waals surface area contributed by atoms with Crippen LogP contribution < -0.4 is 5.32 Å². The van der Waals surface area contributed by atoms with E-state index >= 15 is 0 Å². The first-order chi connectivity index (χ1) is 11.6. The van der Waals surface area contributed by atoms with E-state index < -0.39 is 0 Å². The first-order valence-electron chi connectivity index (χ1n) is 7.66. The molecule has 0 aliphatic heterocycles. The van der Waals surface area contributed by atoms with Gasteiger partial charge in [-0.1, -0.05) is 30.2 Å². The number of hydrogen-bond acceptors (Lipinski definition) is 5. The first-order valence-corrected chi connectivity index (χ1v) is 8.92. The summed E-state index contributed by atoms with van der Waals surface area (Å²) >= 11 is 7.38. The molecule has 2 aromatic rings. The number of nitrogens with zero attached hydrogens (tertiary/aromatic N) is 1. The minimum Gasteiger partial charge on any atom is -0.469 e. The second-order valence-corrected chi connectivity index (χ2v) is 6.49. The summed E-state index contributed by atoms with van der Waals surface area (Å²) in [7, 11) is 1.38. The number of thiazole rings is 1. The molecule has 0 saturated heterocycles. The fourth-order valence-corrected chi connectivity index (χ4v) is 3.09. The molecular formula is C17H19ClN2O3S. The third-order valence-electron chi connectivity index (χ3n) is 3.38. The van der Waals surface area contributed by atoms with Crippen molar-refractivity contribution < 1.29 is 14.3 Å². The Balaban J connectivity index is 1.76. The Bertz CT molecular complexity index is 703. The van der Waals surface area contributed by atoms with Crippen LogP contribution in [0.3, 0.4) is 0 Å². The maximum atomic E-state index is 12.1. The van der Waals surface area contributed by atoms with Crippen LogP contribution in [-0.4, -0.2) is 30.5 Å². The van der Waals surface area contributed by atoms with Gasteiger partial charge in [-0.3, -0.25) is 9.59 Å². The largest absolute Gasteiger partial charge is 0.469 e. The Hall–Kier alpha value is -1.92. The number of nitrogens with one attached hydrogen (secondary N) is 1. The second kappa shape index (κ2) is 9.39. The molecule has 0 aliphatic carbocycles. The Kier molecular flexibility index (Phi) is 7.21. The summed E-state index contributed by atoms with van der Waals surface area (Å²) in [4.78, 5) is 27.4. The van der Waals surface area contributed by atoms with Crippen LogP contribution in [0.15, 0.2) is 29.6 Å². The molecule has 1 aromatic carbocycles. The molecule has 0 fully saturated rings. The number of unbranched alkanes of at least 4 members (excludes halogenated alkanes) is 2. The van der Waals surface area contributed by atoms with E-state index in [4.69, 9.17) is 11.6 Å². The highest BCUT2D eigenvalue weighted by atomic mass is 35.5. The van der Waals surface area contributed by atoms with Gasteiger partial charge in [-0.15, -0.1) is 11.3 Å². The number of rotatable bonds is 8. The molecule has 128 valence electrons. The molecule has 1 heterocycles. The number of methoxy groups -OCH3 is 1. The van der Waals surface area contributed by atoms with E-state index in [1.807, 2.05) is 18.2 Å².